The molecule has 0 N–H and O–H groups in total. The number of carbonyl (C=O) groups excluding carboxylic acids is 2. The second-order valence-electron chi connectivity index (χ2n) is 3.56. The molecule has 0 aromatic heterocycles. The van der Waals surface area contributed by atoms with Crippen molar-refractivity contribution in [2.75, 3.05) is 0 Å². The Morgan fingerprint density at radius 3 is 2.50 bits per heavy atom. The van der Waals surface area contributed by atoms with Crippen molar-refractivity contribution in [1.29, 1.82) is 0 Å². The summed E-state index contributed by atoms with van der Waals surface area (Å²) in [5.41, 5.74) is 2.62. The van der Waals surface area contributed by atoms with Gasteiger partial charge in [0.25, 0.3) is 0 Å². The summed E-state index contributed by atoms with van der Waals surface area (Å²) >= 11 is 0. The largest absolute Gasteiger partial charge is 0.303 e. The van der Waals surface area contributed by atoms with E-state index in [0.717, 1.165) is 23.0 Å². The number of ketones is 1. The fourth-order valence-corrected chi connectivity index (χ4v) is 1.44. The van der Waals surface area contributed by atoms with E-state index in [1.54, 1.807) is 13.0 Å². The molecule has 0 aliphatic heterocycles. The second-order valence-corrected chi connectivity index (χ2v) is 3.56. The molecule has 74 valence electrons. The Morgan fingerprint density at radius 1 is 1.43 bits per heavy atom. The van der Waals surface area contributed by atoms with Gasteiger partial charge in [-0.25, -0.2) is 0 Å². The molecule has 0 heterocycles. The highest BCUT2D eigenvalue weighted by atomic mass is 16.1. The van der Waals surface area contributed by atoms with Crippen LogP contribution in [0.5, 0.6) is 0 Å². The monoisotopic (exact) mass is 190 g/mol. The van der Waals surface area contributed by atoms with Crippen LogP contribution in [0.15, 0.2) is 18.2 Å². The minimum absolute atomic E-state index is 0.0628. The zero-order chi connectivity index (χ0) is 10.7. The quantitative estimate of drug-likeness (QED) is 0.542. The average Bonchev–Trinajstić information content (AvgIpc) is 2.15. The third kappa shape index (κ3) is 2.08. The van der Waals surface area contributed by atoms with E-state index in [1.807, 2.05) is 26.0 Å². The summed E-state index contributed by atoms with van der Waals surface area (Å²) in [5.74, 6) is -0.0393. The molecule has 2 nitrogen and oxygen atoms in total. The SMILES string of the molecule is CC(=O)c1ccc(C(C)C=O)cc1C. The Bertz CT molecular complexity index is 367. The lowest BCUT2D eigenvalue weighted by Gasteiger charge is -2.07. The molecule has 0 amide bonds. The van der Waals surface area contributed by atoms with E-state index < -0.39 is 0 Å². The van der Waals surface area contributed by atoms with Gasteiger partial charge in [-0.05, 0) is 25.0 Å². The number of aldehydes is 1. The number of carbonyl (C=O) groups is 2. The summed E-state index contributed by atoms with van der Waals surface area (Å²) in [4.78, 5) is 21.7. The lowest BCUT2D eigenvalue weighted by molar-refractivity contribution is -0.108. The predicted octanol–water partition coefficient (Wildman–Crippen LogP) is 2.50. The van der Waals surface area contributed by atoms with Crippen molar-refractivity contribution >= 4 is 12.1 Å². The molecule has 0 radical (unpaired) electrons. The summed E-state index contributed by atoms with van der Waals surface area (Å²) in [6.07, 6.45) is 0.905. The van der Waals surface area contributed by atoms with Crippen LogP contribution in [0.4, 0.5) is 0 Å². The highest BCUT2D eigenvalue weighted by Crippen LogP contribution is 2.17. The number of hydrogen-bond donors (Lipinski definition) is 0. The Balaban J connectivity index is 3.12. The Hall–Kier alpha value is -1.44. The topological polar surface area (TPSA) is 34.1 Å². The molecule has 14 heavy (non-hydrogen) atoms. The van der Waals surface area contributed by atoms with Crippen LogP contribution in [0, 0.1) is 6.92 Å². The van der Waals surface area contributed by atoms with Crippen molar-refractivity contribution < 1.29 is 9.59 Å². The van der Waals surface area contributed by atoms with E-state index in [4.69, 9.17) is 0 Å². The van der Waals surface area contributed by atoms with Gasteiger partial charge in [-0.1, -0.05) is 25.1 Å². The maximum atomic E-state index is 11.1. The lowest BCUT2D eigenvalue weighted by atomic mass is 9.96. The van der Waals surface area contributed by atoms with Gasteiger partial charge in [0.15, 0.2) is 5.78 Å². The highest BCUT2D eigenvalue weighted by Gasteiger charge is 2.08. The van der Waals surface area contributed by atoms with Crippen LogP contribution in [-0.4, -0.2) is 12.1 Å². The molecule has 0 aliphatic rings. The van der Waals surface area contributed by atoms with Crippen LogP contribution in [0.2, 0.25) is 0 Å². The van der Waals surface area contributed by atoms with Crippen LogP contribution in [0.3, 0.4) is 0 Å². The first-order valence-corrected chi connectivity index (χ1v) is 4.63. The summed E-state index contributed by atoms with van der Waals surface area (Å²) in [7, 11) is 0. The molecule has 0 saturated carbocycles. The molecule has 1 atom stereocenters. The van der Waals surface area contributed by atoms with Crippen LogP contribution < -0.4 is 0 Å². The first kappa shape index (κ1) is 10.6. The first-order valence-electron chi connectivity index (χ1n) is 4.63. The molecular formula is C12H14O2. The van der Waals surface area contributed by atoms with E-state index in [2.05, 4.69) is 0 Å². The Morgan fingerprint density at radius 2 is 2.07 bits per heavy atom. The average molecular weight is 190 g/mol. The molecule has 0 spiro atoms. The molecule has 1 aromatic carbocycles. The van der Waals surface area contributed by atoms with Crippen molar-refractivity contribution in [3.63, 3.8) is 0 Å². The van der Waals surface area contributed by atoms with E-state index in [-0.39, 0.29) is 11.7 Å². The van der Waals surface area contributed by atoms with Gasteiger partial charge in [-0.15, -0.1) is 0 Å². The number of hydrogen-bond acceptors (Lipinski definition) is 2. The Labute approximate surface area is 83.9 Å². The summed E-state index contributed by atoms with van der Waals surface area (Å²) < 4.78 is 0. The molecule has 0 aliphatic carbocycles. The van der Waals surface area contributed by atoms with Crippen molar-refractivity contribution in [1.82, 2.24) is 0 Å². The van der Waals surface area contributed by atoms with Crippen LogP contribution in [0.25, 0.3) is 0 Å². The molecule has 1 rings (SSSR count). The lowest BCUT2D eigenvalue weighted by Crippen LogP contribution is -2.00. The minimum atomic E-state index is -0.102. The van der Waals surface area contributed by atoms with Crippen molar-refractivity contribution in [2.45, 2.75) is 26.7 Å². The van der Waals surface area contributed by atoms with Crippen molar-refractivity contribution in [3.05, 3.63) is 34.9 Å². The first-order chi connectivity index (χ1) is 6.56. The van der Waals surface area contributed by atoms with E-state index in [9.17, 15) is 9.59 Å². The van der Waals surface area contributed by atoms with E-state index in [1.165, 1.54) is 0 Å². The highest BCUT2D eigenvalue weighted by molar-refractivity contribution is 5.95. The van der Waals surface area contributed by atoms with E-state index >= 15 is 0 Å². The maximum Gasteiger partial charge on any atom is 0.160 e. The van der Waals surface area contributed by atoms with Gasteiger partial charge in [-0.3, -0.25) is 4.79 Å². The number of Topliss-reactive ketones (excluding diaryl/α,β-unsaturated/α-hetero) is 1. The fraction of sp³-hybridized carbons (Fsp3) is 0.333. The van der Waals surface area contributed by atoms with Gasteiger partial charge in [0.1, 0.15) is 6.29 Å². The molecule has 0 saturated heterocycles. The molecule has 1 aromatic rings. The summed E-state index contributed by atoms with van der Waals surface area (Å²) in [5, 5.41) is 0. The number of aryl methyl sites for hydroxylation is 1. The smallest absolute Gasteiger partial charge is 0.160 e. The van der Waals surface area contributed by atoms with Gasteiger partial charge >= 0.3 is 0 Å². The fourth-order valence-electron chi connectivity index (χ4n) is 1.44. The standard InChI is InChI=1S/C12H14O2/c1-8-6-11(9(2)7-13)4-5-12(8)10(3)14/h4-7,9H,1-3H3. The molecule has 2 heteroatoms. The van der Waals surface area contributed by atoms with Gasteiger partial charge in [0, 0.05) is 11.5 Å². The maximum absolute atomic E-state index is 11.1. The molecule has 1 unspecified atom stereocenters. The third-order valence-corrected chi connectivity index (χ3v) is 2.36. The van der Waals surface area contributed by atoms with Gasteiger partial charge < -0.3 is 4.79 Å². The van der Waals surface area contributed by atoms with Crippen LogP contribution in [0.1, 0.15) is 41.3 Å². The molecular weight excluding hydrogens is 176 g/mol. The third-order valence-electron chi connectivity index (χ3n) is 2.36. The van der Waals surface area contributed by atoms with Gasteiger partial charge in [-0.2, -0.15) is 0 Å². The second kappa shape index (κ2) is 4.18. The normalized spacial score (nSPS) is 12.2. The predicted molar refractivity (Wildman–Crippen MR) is 55.7 cm³/mol. The Kier molecular flexibility index (Phi) is 3.18. The molecule has 0 bridgehead atoms. The number of rotatable bonds is 3. The van der Waals surface area contributed by atoms with Crippen molar-refractivity contribution in [3.8, 4) is 0 Å². The van der Waals surface area contributed by atoms with Gasteiger partial charge in [0.05, 0.1) is 0 Å². The number of benzene rings is 1. The zero-order valence-electron chi connectivity index (χ0n) is 8.70. The van der Waals surface area contributed by atoms with E-state index in [0.29, 0.717) is 0 Å². The van der Waals surface area contributed by atoms with Crippen LogP contribution >= 0.6 is 0 Å². The summed E-state index contributed by atoms with van der Waals surface area (Å²) in [6.45, 7) is 5.28. The molecule has 0 fully saturated rings. The zero-order valence-corrected chi connectivity index (χ0v) is 8.70. The van der Waals surface area contributed by atoms with Crippen LogP contribution in [-0.2, 0) is 4.79 Å². The minimum Gasteiger partial charge on any atom is -0.303 e. The van der Waals surface area contributed by atoms with Crippen molar-refractivity contribution in [2.24, 2.45) is 0 Å². The summed E-state index contributed by atoms with van der Waals surface area (Å²) in [6, 6.07) is 5.52. The van der Waals surface area contributed by atoms with Gasteiger partial charge in [0.2, 0.25) is 0 Å².